The summed E-state index contributed by atoms with van der Waals surface area (Å²) in [5, 5.41) is 14.0. The second-order valence-corrected chi connectivity index (χ2v) is 7.27. The van der Waals surface area contributed by atoms with Crippen LogP contribution in [0.25, 0.3) is 0 Å². The third-order valence-electron chi connectivity index (χ3n) is 4.95. The van der Waals surface area contributed by atoms with Gasteiger partial charge >= 0.3 is 0 Å². The molecule has 0 saturated carbocycles. The first-order chi connectivity index (χ1) is 12.0. The molecular weight excluding hydrogens is 312 g/mol. The molecule has 1 saturated heterocycles. The molecule has 1 aromatic heterocycles. The predicted molar refractivity (Wildman–Crippen MR) is 102 cm³/mol. The van der Waals surface area contributed by atoms with Gasteiger partial charge in [0, 0.05) is 25.7 Å². The molecule has 3 rings (SSSR count). The molecule has 1 aromatic carbocycles. The van der Waals surface area contributed by atoms with Gasteiger partial charge < -0.3 is 15.3 Å². The van der Waals surface area contributed by atoms with Crippen LogP contribution < -0.4 is 10.2 Å². The third-order valence-corrected chi connectivity index (χ3v) is 4.95. The van der Waals surface area contributed by atoms with Gasteiger partial charge in [-0.15, -0.1) is 0 Å². The van der Waals surface area contributed by atoms with Crippen LogP contribution in [-0.4, -0.2) is 34.7 Å². The highest BCUT2D eigenvalue weighted by molar-refractivity contribution is 5.48. The lowest BCUT2D eigenvalue weighted by Crippen LogP contribution is -2.34. The number of benzene rings is 1. The number of piperidine rings is 1. The Morgan fingerprint density at radius 3 is 2.84 bits per heavy atom. The van der Waals surface area contributed by atoms with E-state index in [0.717, 1.165) is 30.3 Å². The molecule has 5 heteroatoms. The zero-order valence-corrected chi connectivity index (χ0v) is 15.2. The molecule has 1 aliphatic rings. The summed E-state index contributed by atoms with van der Waals surface area (Å²) in [5.41, 5.74) is 0.0781. The number of aliphatic hydroxyl groups is 1. The van der Waals surface area contributed by atoms with Crippen molar-refractivity contribution in [2.45, 2.75) is 38.7 Å². The van der Waals surface area contributed by atoms with Crippen LogP contribution in [0.2, 0.25) is 0 Å². The maximum Gasteiger partial charge on any atom is 0.134 e. The van der Waals surface area contributed by atoms with Crippen molar-refractivity contribution in [1.29, 1.82) is 0 Å². The Labute approximate surface area is 150 Å². The van der Waals surface area contributed by atoms with E-state index in [4.69, 9.17) is 0 Å². The van der Waals surface area contributed by atoms with E-state index >= 15 is 0 Å². The van der Waals surface area contributed by atoms with E-state index in [9.17, 15) is 5.11 Å². The van der Waals surface area contributed by atoms with Gasteiger partial charge in [-0.25, -0.2) is 9.97 Å². The molecule has 5 nitrogen and oxygen atoms in total. The summed E-state index contributed by atoms with van der Waals surface area (Å²) in [4.78, 5) is 11.1. The number of hydrogen-bond acceptors (Lipinski definition) is 5. The smallest absolute Gasteiger partial charge is 0.134 e. The Balaban J connectivity index is 1.57. The van der Waals surface area contributed by atoms with Crippen molar-refractivity contribution in [2.75, 3.05) is 29.9 Å². The molecule has 0 radical (unpaired) electrons. The Morgan fingerprint density at radius 2 is 2.08 bits per heavy atom. The van der Waals surface area contributed by atoms with Crippen LogP contribution in [0.3, 0.4) is 0 Å². The van der Waals surface area contributed by atoms with Gasteiger partial charge in [0.1, 0.15) is 18.0 Å². The Bertz CT molecular complexity index is 674. The largest absolute Gasteiger partial charge is 0.385 e. The van der Waals surface area contributed by atoms with Crippen LogP contribution in [0.1, 0.15) is 38.7 Å². The van der Waals surface area contributed by atoms with Crippen molar-refractivity contribution in [3.63, 3.8) is 0 Å². The fourth-order valence-corrected chi connectivity index (χ4v) is 3.39. The van der Waals surface area contributed by atoms with Crippen molar-refractivity contribution in [2.24, 2.45) is 5.92 Å². The van der Waals surface area contributed by atoms with E-state index in [1.807, 2.05) is 43.3 Å². The summed E-state index contributed by atoms with van der Waals surface area (Å²) in [6.45, 7) is 6.90. The van der Waals surface area contributed by atoms with E-state index in [1.165, 1.54) is 12.8 Å². The second-order valence-electron chi connectivity index (χ2n) is 7.27. The highest BCUT2D eigenvalue weighted by atomic mass is 16.3. The molecule has 134 valence electrons. The third kappa shape index (κ3) is 4.69. The molecule has 25 heavy (non-hydrogen) atoms. The molecule has 2 N–H and O–H groups in total. The standard InChI is InChI=1S/C20H28N4O/c1-16-7-6-12-24(14-16)19-13-18(22-15-23-19)21-11-10-20(2,25)17-8-4-3-5-9-17/h3-5,8-9,13,15-16,25H,6-7,10-12,14H2,1-2H3,(H,21,22,23). The summed E-state index contributed by atoms with van der Waals surface area (Å²) < 4.78 is 0. The quantitative estimate of drug-likeness (QED) is 0.844. The zero-order chi connectivity index (χ0) is 17.7. The molecule has 2 aromatic rings. The molecule has 2 unspecified atom stereocenters. The number of hydrogen-bond donors (Lipinski definition) is 2. The van der Waals surface area contributed by atoms with Gasteiger partial charge in [-0.2, -0.15) is 0 Å². The monoisotopic (exact) mass is 340 g/mol. The maximum atomic E-state index is 10.7. The lowest BCUT2D eigenvalue weighted by molar-refractivity contribution is 0.0515. The first-order valence-corrected chi connectivity index (χ1v) is 9.13. The number of nitrogens with one attached hydrogen (secondary N) is 1. The summed E-state index contributed by atoms with van der Waals surface area (Å²) in [7, 11) is 0. The van der Waals surface area contributed by atoms with Crippen LogP contribution in [0.15, 0.2) is 42.7 Å². The van der Waals surface area contributed by atoms with Crippen LogP contribution in [0.5, 0.6) is 0 Å². The molecule has 1 fully saturated rings. The maximum absolute atomic E-state index is 10.7. The minimum atomic E-state index is -0.855. The van der Waals surface area contributed by atoms with E-state index in [0.29, 0.717) is 18.9 Å². The average Bonchev–Trinajstić information content (AvgIpc) is 2.63. The van der Waals surface area contributed by atoms with Crippen LogP contribution in [-0.2, 0) is 5.60 Å². The minimum Gasteiger partial charge on any atom is -0.385 e. The number of nitrogens with zero attached hydrogens (tertiary/aromatic N) is 3. The van der Waals surface area contributed by atoms with Crippen molar-refractivity contribution < 1.29 is 5.11 Å². The lowest BCUT2D eigenvalue weighted by Gasteiger charge is -2.31. The SMILES string of the molecule is CC1CCCN(c2cc(NCCC(C)(O)c3ccccc3)ncn2)C1. The molecule has 0 bridgehead atoms. The highest BCUT2D eigenvalue weighted by Crippen LogP contribution is 2.25. The fourth-order valence-electron chi connectivity index (χ4n) is 3.39. The van der Waals surface area contributed by atoms with Crippen LogP contribution >= 0.6 is 0 Å². The van der Waals surface area contributed by atoms with Crippen molar-refractivity contribution in [3.05, 3.63) is 48.3 Å². The van der Waals surface area contributed by atoms with E-state index < -0.39 is 5.60 Å². The highest BCUT2D eigenvalue weighted by Gasteiger charge is 2.22. The number of anilines is 2. The topological polar surface area (TPSA) is 61.3 Å². The molecule has 0 aliphatic carbocycles. The minimum absolute atomic E-state index is 0.608. The van der Waals surface area contributed by atoms with Gasteiger partial charge in [0.15, 0.2) is 0 Å². The Morgan fingerprint density at radius 1 is 1.28 bits per heavy atom. The first kappa shape index (κ1) is 17.7. The van der Waals surface area contributed by atoms with Gasteiger partial charge in [-0.3, -0.25) is 0 Å². The molecule has 1 aliphatic heterocycles. The predicted octanol–water partition coefficient (Wildman–Crippen LogP) is 3.42. The molecule has 0 spiro atoms. The molecule has 2 heterocycles. The molecule has 2 atom stereocenters. The van der Waals surface area contributed by atoms with Gasteiger partial charge in [0.05, 0.1) is 5.60 Å². The molecular formula is C20H28N4O. The summed E-state index contributed by atoms with van der Waals surface area (Å²) in [6.07, 6.45) is 4.73. The normalized spacial score (nSPS) is 20.1. The fraction of sp³-hybridized carbons (Fsp3) is 0.500. The van der Waals surface area contributed by atoms with E-state index in [-0.39, 0.29) is 0 Å². The first-order valence-electron chi connectivity index (χ1n) is 9.13. The van der Waals surface area contributed by atoms with Gasteiger partial charge in [0.25, 0.3) is 0 Å². The summed E-state index contributed by atoms with van der Waals surface area (Å²) in [6, 6.07) is 11.8. The van der Waals surface area contributed by atoms with Gasteiger partial charge in [-0.1, -0.05) is 37.3 Å². The van der Waals surface area contributed by atoms with Gasteiger partial charge in [0.2, 0.25) is 0 Å². The van der Waals surface area contributed by atoms with Crippen LogP contribution in [0.4, 0.5) is 11.6 Å². The van der Waals surface area contributed by atoms with E-state index in [1.54, 1.807) is 6.33 Å². The Kier molecular flexibility index (Phi) is 5.53. The number of rotatable bonds is 6. The summed E-state index contributed by atoms with van der Waals surface area (Å²) in [5.74, 6) is 2.51. The van der Waals surface area contributed by atoms with Crippen LogP contribution in [0, 0.1) is 5.92 Å². The Hall–Kier alpha value is -2.14. The zero-order valence-electron chi connectivity index (χ0n) is 15.2. The number of aromatic nitrogens is 2. The van der Waals surface area contributed by atoms with Crippen molar-refractivity contribution in [1.82, 2.24) is 9.97 Å². The van der Waals surface area contributed by atoms with Crippen molar-refractivity contribution >= 4 is 11.6 Å². The molecule has 0 amide bonds. The summed E-state index contributed by atoms with van der Waals surface area (Å²) >= 11 is 0. The van der Waals surface area contributed by atoms with E-state index in [2.05, 4.69) is 27.1 Å². The second kappa shape index (κ2) is 7.83. The van der Waals surface area contributed by atoms with Gasteiger partial charge in [-0.05, 0) is 37.7 Å². The average molecular weight is 340 g/mol. The van der Waals surface area contributed by atoms with Crippen molar-refractivity contribution in [3.8, 4) is 0 Å². The lowest BCUT2D eigenvalue weighted by atomic mass is 9.93.